The normalized spacial score (nSPS) is 11.9. The molecule has 0 aliphatic rings. The first-order chi connectivity index (χ1) is 9.19. The van der Waals surface area contributed by atoms with E-state index in [1.54, 1.807) is 18.8 Å². The molecule has 0 radical (unpaired) electrons. The van der Waals surface area contributed by atoms with Crippen LogP contribution in [-0.4, -0.2) is 30.4 Å². The number of nitrogens with zero attached hydrogens (tertiary/aromatic N) is 1. The highest BCUT2D eigenvalue weighted by molar-refractivity contribution is 8.00. The second kappa shape index (κ2) is 8.77. The van der Waals surface area contributed by atoms with Crippen LogP contribution in [-0.2, 0) is 9.63 Å². The van der Waals surface area contributed by atoms with E-state index in [0.29, 0.717) is 0 Å². The molecule has 1 aromatic carbocycles. The highest BCUT2D eigenvalue weighted by Gasteiger charge is 2.22. The standard InChI is InChI=1S/C15H21NO2S/c1-4-5-7-12-14(15(17)16(2)18-3)19-13-10-8-6-9-11-13/h4,6,8-11,14H,1,5,7,12H2,2-3H3. The van der Waals surface area contributed by atoms with Crippen LogP contribution >= 0.6 is 11.8 Å². The van der Waals surface area contributed by atoms with Gasteiger partial charge in [0.25, 0.3) is 5.91 Å². The van der Waals surface area contributed by atoms with E-state index in [1.807, 2.05) is 36.4 Å². The summed E-state index contributed by atoms with van der Waals surface area (Å²) < 4.78 is 0. The van der Waals surface area contributed by atoms with E-state index in [0.717, 1.165) is 24.2 Å². The Bertz CT molecular complexity index is 394. The van der Waals surface area contributed by atoms with Crippen LogP contribution in [0.15, 0.2) is 47.9 Å². The van der Waals surface area contributed by atoms with Gasteiger partial charge in [-0.2, -0.15) is 0 Å². The molecule has 4 heteroatoms. The molecule has 3 nitrogen and oxygen atoms in total. The topological polar surface area (TPSA) is 29.5 Å². The van der Waals surface area contributed by atoms with Gasteiger partial charge in [0.1, 0.15) is 0 Å². The van der Waals surface area contributed by atoms with Gasteiger partial charge in [-0.05, 0) is 31.4 Å². The summed E-state index contributed by atoms with van der Waals surface area (Å²) >= 11 is 1.59. The zero-order valence-electron chi connectivity index (χ0n) is 11.5. The molecule has 0 fully saturated rings. The summed E-state index contributed by atoms with van der Waals surface area (Å²) in [6.45, 7) is 3.71. The van der Waals surface area contributed by atoms with Crippen LogP contribution in [0.5, 0.6) is 0 Å². The predicted octanol–water partition coefficient (Wildman–Crippen LogP) is 3.52. The zero-order valence-corrected chi connectivity index (χ0v) is 12.4. The minimum Gasteiger partial charge on any atom is -0.275 e. The van der Waals surface area contributed by atoms with E-state index in [9.17, 15) is 4.79 Å². The summed E-state index contributed by atoms with van der Waals surface area (Å²) in [7, 11) is 3.15. The largest absolute Gasteiger partial charge is 0.275 e. The first-order valence-electron chi connectivity index (χ1n) is 6.33. The van der Waals surface area contributed by atoms with E-state index in [4.69, 9.17) is 4.84 Å². The van der Waals surface area contributed by atoms with Crippen molar-refractivity contribution >= 4 is 17.7 Å². The van der Waals surface area contributed by atoms with Gasteiger partial charge in [-0.1, -0.05) is 24.3 Å². The smallest absolute Gasteiger partial charge is 0.259 e. The Morgan fingerprint density at radius 2 is 2.16 bits per heavy atom. The van der Waals surface area contributed by atoms with Crippen LogP contribution in [0.2, 0.25) is 0 Å². The van der Waals surface area contributed by atoms with Gasteiger partial charge in [0.2, 0.25) is 0 Å². The van der Waals surface area contributed by atoms with Crippen LogP contribution in [0.4, 0.5) is 0 Å². The molecular formula is C15H21NO2S. The third-order valence-electron chi connectivity index (χ3n) is 2.76. The molecule has 1 unspecified atom stereocenters. The van der Waals surface area contributed by atoms with E-state index >= 15 is 0 Å². The van der Waals surface area contributed by atoms with E-state index in [-0.39, 0.29) is 11.2 Å². The lowest BCUT2D eigenvalue weighted by Gasteiger charge is -2.21. The second-order valence-electron chi connectivity index (χ2n) is 4.16. The number of hydrogen-bond acceptors (Lipinski definition) is 3. The maximum absolute atomic E-state index is 12.2. The molecule has 0 saturated carbocycles. The molecule has 0 saturated heterocycles. The number of thioether (sulfide) groups is 1. The van der Waals surface area contributed by atoms with Gasteiger partial charge in [0, 0.05) is 11.9 Å². The fourth-order valence-corrected chi connectivity index (χ4v) is 2.81. The number of hydrogen-bond donors (Lipinski definition) is 0. The van der Waals surface area contributed by atoms with Gasteiger partial charge in [-0.3, -0.25) is 9.63 Å². The van der Waals surface area contributed by atoms with Crippen molar-refractivity contribution in [2.24, 2.45) is 0 Å². The lowest BCUT2D eigenvalue weighted by molar-refractivity contribution is -0.168. The average molecular weight is 279 g/mol. The third-order valence-corrected chi connectivity index (χ3v) is 4.02. The number of benzene rings is 1. The first kappa shape index (κ1) is 15.8. The monoisotopic (exact) mass is 279 g/mol. The van der Waals surface area contributed by atoms with Crippen molar-refractivity contribution < 1.29 is 9.63 Å². The lowest BCUT2D eigenvalue weighted by Crippen LogP contribution is -2.33. The van der Waals surface area contributed by atoms with Crippen LogP contribution in [0.25, 0.3) is 0 Å². The maximum Gasteiger partial charge on any atom is 0.259 e. The quantitative estimate of drug-likeness (QED) is 0.315. The lowest BCUT2D eigenvalue weighted by atomic mass is 10.2. The van der Waals surface area contributed by atoms with Crippen molar-refractivity contribution in [2.75, 3.05) is 14.2 Å². The number of amides is 1. The van der Waals surface area contributed by atoms with E-state index < -0.39 is 0 Å². The Labute approximate surface area is 119 Å². The number of unbranched alkanes of at least 4 members (excludes halogenated alkanes) is 1. The number of carbonyl (C=O) groups is 1. The fourth-order valence-electron chi connectivity index (χ4n) is 1.64. The van der Waals surface area contributed by atoms with Crippen molar-refractivity contribution in [1.82, 2.24) is 5.06 Å². The van der Waals surface area contributed by atoms with Crippen molar-refractivity contribution in [3.63, 3.8) is 0 Å². The number of carbonyl (C=O) groups excluding carboxylic acids is 1. The Kier molecular flexibility index (Phi) is 7.30. The maximum atomic E-state index is 12.2. The Morgan fingerprint density at radius 3 is 2.74 bits per heavy atom. The summed E-state index contributed by atoms with van der Waals surface area (Å²) in [5.74, 6) is 0.000385. The average Bonchev–Trinajstić information content (AvgIpc) is 2.46. The van der Waals surface area contributed by atoms with Crippen molar-refractivity contribution in [3.05, 3.63) is 43.0 Å². The van der Waals surface area contributed by atoms with Crippen LogP contribution in [0.3, 0.4) is 0 Å². The van der Waals surface area contributed by atoms with E-state index in [2.05, 4.69) is 6.58 Å². The molecule has 104 valence electrons. The molecule has 0 aliphatic heterocycles. The van der Waals surface area contributed by atoms with Crippen molar-refractivity contribution in [2.45, 2.75) is 29.4 Å². The first-order valence-corrected chi connectivity index (χ1v) is 7.21. The van der Waals surface area contributed by atoms with Crippen LogP contribution < -0.4 is 0 Å². The number of rotatable bonds is 8. The van der Waals surface area contributed by atoms with Gasteiger partial charge < -0.3 is 0 Å². The SMILES string of the molecule is C=CCCCC(Sc1ccccc1)C(=O)N(C)OC. The molecule has 0 bridgehead atoms. The van der Waals surface area contributed by atoms with Crippen LogP contribution in [0.1, 0.15) is 19.3 Å². The van der Waals surface area contributed by atoms with Gasteiger partial charge in [0.05, 0.1) is 12.4 Å². The van der Waals surface area contributed by atoms with Gasteiger partial charge in [-0.15, -0.1) is 18.3 Å². The minimum atomic E-state index is -0.118. The zero-order chi connectivity index (χ0) is 14.1. The summed E-state index contributed by atoms with van der Waals surface area (Å²) in [6, 6.07) is 9.97. The van der Waals surface area contributed by atoms with Gasteiger partial charge in [-0.25, -0.2) is 5.06 Å². The van der Waals surface area contributed by atoms with Crippen LogP contribution in [0, 0.1) is 0 Å². The summed E-state index contributed by atoms with van der Waals surface area (Å²) in [5, 5.41) is 1.18. The second-order valence-corrected chi connectivity index (χ2v) is 5.43. The molecule has 1 rings (SSSR count). The Balaban J connectivity index is 2.68. The molecule has 0 heterocycles. The predicted molar refractivity (Wildman–Crippen MR) is 79.9 cm³/mol. The summed E-state index contributed by atoms with van der Waals surface area (Å²) in [6.07, 6.45) is 4.58. The molecule has 1 atom stereocenters. The van der Waals surface area contributed by atoms with E-state index in [1.165, 1.54) is 12.2 Å². The molecule has 0 spiro atoms. The fraction of sp³-hybridized carbons (Fsp3) is 0.400. The van der Waals surface area contributed by atoms with Gasteiger partial charge in [0.15, 0.2) is 0 Å². The number of allylic oxidation sites excluding steroid dienone is 1. The molecule has 0 aromatic heterocycles. The highest BCUT2D eigenvalue weighted by Crippen LogP contribution is 2.27. The molecular weight excluding hydrogens is 258 g/mol. The molecule has 1 amide bonds. The third kappa shape index (κ3) is 5.49. The Hall–Kier alpha value is -1.26. The highest BCUT2D eigenvalue weighted by atomic mass is 32.2. The molecule has 1 aromatic rings. The molecule has 19 heavy (non-hydrogen) atoms. The number of hydroxylamine groups is 2. The van der Waals surface area contributed by atoms with Crippen molar-refractivity contribution in [1.29, 1.82) is 0 Å². The Morgan fingerprint density at radius 1 is 1.47 bits per heavy atom. The summed E-state index contributed by atoms with van der Waals surface area (Å²) in [5.41, 5.74) is 0. The molecule has 0 N–H and O–H groups in total. The molecule has 0 aliphatic carbocycles. The minimum absolute atomic E-state index is 0.000385. The summed E-state index contributed by atoms with van der Waals surface area (Å²) in [4.78, 5) is 18.3. The van der Waals surface area contributed by atoms with Gasteiger partial charge >= 0.3 is 0 Å². The van der Waals surface area contributed by atoms with Crippen molar-refractivity contribution in [3.8, 4) is 0 Å².